The molecule has 1 unspecified atom stereocenters. The monoisotopic (exact) mass is 251 g/mol. The van der Waals surface area contributed by atoms with Crippen molar-refractivity contribution in [1.29, 1.82) is 0 Å². The zero-order valence-electron chi connectivity index (χ0n) is 10.2. The normalized spacial score (nSPS) is 18.4. The van der Waals surface area contributed by atoms with Crippen LogP contribution < -0.4 is 5.73 Å². The molecule has 2 N–H and O–H groups in total. The zero-order valence-corrected chi connectivity index (χ0v) is 11.0. The van der Waals surface area contributed by atoms with E-state index in [2.05, 4.69) is 12.1 Å². The van der Waals surface area contributed by atoms with Crippen LogP contribution in [0.3, 0.4) is 0 Å². The number of hydrogen-bond donors (Lipinski definition) is 1. The van der Waals surface area contributed by atoms with Crippen LogP contribution in [0, 0.1) is 5.92 Å². The summed E-state index contributed by atoms with van der Waals surface area (Å²) in [6.07, 6.45) is 5.20. The number of rotatable bonds is 5. The van der Waals surface area contributed by atoms with Crippen LogP contribution in [-0.4, -0.2) is 9.96 Å². The van der Waals surface area contributed by atoms with Crippen LogP contribution in [0.5, 0.6) is 0 Å². The molecule has 0 bridgehead atoms. The van der Waals surface area contributed by atoms with Crippen LogP contribution in [0.15, 0.2) is 24.3 Å². The van der Waals surface area contributed by atoms with Crippen molar-refractivity contribution in [2.75, 3.05) is 5.75 Å². The fourth-order valence-corrected chi connectivity index (χ4v) is 4.00. The van der Waals surface area contributed by atoms with Gasteiger partial charge in [-0.3, -0.25) is 4.21 Å². The van der Waals surface area contributed by atoms with Crippen LogP contribution in [-0.2, 0) is 23.1 Å². The van der Waals surface area contributed by atoms with Gasteiger partial charge in [0.25, 0.3) is 0 Å². The molecule has 1 aromatic carbocycles. The predicted molar refractivity (Wildman–Crippen MR) is 73.0 cm³/mol. The second-order valence-corrected chi connectivity index (χ2v) is 6.42. The maximum Gasteiger partial charge on any atom is 0.0485 e. The molecule has 1 saturated carbocycles. The van der Waals surface area contributed by atoms with Crippen LogP contribution in [0.1, 0.15) is 36.8 Å². The first-order valence-corrected chi connectivity index (χ1v) is 7.89. The second kappa shape index (κ2) is 6.31. The van der Waals surface area contributed by atoms with Gasteiger partial charge in [-0.05, 0) is 29.9 Å². The Morgan fingerprint density at radius 1 is 1.12 bits per heavy atom. The molecule has 0 aliphatic heterocycles. The first kappa shape index (κ1) is 12.8. The van der Waals surface area contributed by atoms with Crippen molar-refractivity contribution in [2.24, 2.45) is 11.7 Å². The maximum atomic E-state index is 12.0. The van der Waals surface area contributed by atoms with Gasteiger partial charge in [0.1, 0.15) is 0 Å². The molecule has 0 radical (unpaired) electrons. The van der Waals surface area contributed by atoms with Crippen LogP contribution >= 0.6 is 0 Å². The van der Waals surface area contributed by atoms with Crippen LogP contribution in [0.4, 0.5) is 0 Å². The Labute approximate surface area is 106 Å². The van der Waals surface area contributed by atoms with E-state index in [1.807, 2.05) is 12.1 Å². The zero-order chi connectivity index (χ0) is 12.1. The van der Waals surface area contributed by atoms with Crippen molar-refractivity contribution in [2.45, 2.75) is 38.0 Å². The fourth-order valence-electron chi connectivity index (χ4n) is 2.46. The topological polar surface area (TPSA) is 43.1 Å². The molecule has 0 spiro atoms. The van der Waals surface area contributed by atoms with E-state index < -0.39 is 10.8 Å². The van der Waals surface area contributed by atoms with Gasteiger partial charge < -0.3 is 5.73 Å². The highest BCUT2D eigenvalue weighted by atomic mass is 32.2. The smallest absolute Gasteiger partial charge is 0.0485 e. The first-order chi connectivity index (χ1) is 8.28. The van der Waals surface area contributed by atoms with E-state index in [9.17, 15) is 4.21 Å². The average molecular weight is 251 g/mol. The van der Waals surface area contributed by atoms with Gasteiger partial charge in [-0.25, -0.2) is 0 Å². The summed E-state index contributed by atoms with van der Waals surface area (Å²) in [6.45, 7) is 0.575. The van der Waals surface area contributed by atoms with Crippen molar-refractivity contribution >= 4 is 10.8 Å². The van der Waals surface area contributed by atoms with Crippen molar-refractivity contribution in [1.82, 2.24) is 0 Å². The van der Waals surface area contributed by atoms with E-state index in [-0.39, 0.29) is 0 Å². The van der Waals surface area contributed by atoms with Crippen molar-refractivity contribution in [3.63, 3.8) is 0 Å². The minimum Gasteiger partial charge on any atom is -0.326 e. The molecule has 1 aliphatic rings. The highest BCUT2D eigenvalue weighted by Crippen LogP contribution is 2.25. The van der Waals surface area contributed by atoms with E-state index in [1.54, 1.807) is 0 Å². The summed E-state index contributed by atoms with van der Waals surface area (Å²) in [5.41, 5.74) is 7.85. The SMILES string of the molecule is NCc1ccc(CS(=O)CC2CCCC2)cc1. The summed E-state index contributed by atoms with van der Waals surface area (Å²) in [5, 5.41) is 0. The Bertz CT molecular complexity index is 368. The third kappa shape index (κ3) is 3.93. The van der Waals surface area contributed by atoms with Gasteiger partial charge in [-0.15, -0.1) is 0 Å². The second-order valence-electron chi connectivity index (χ2n) is 4.92. The average Bonchev–Trinajstić information content (AvgIpc) is 2.82. The summed E-state index contributed by atoms with van der Waals surface area (Å²) < 4.78 is 12.0. The van der Waals surface area contributed by atoms with Crippen molar-refractivity contribution in [3.8, 4) is 0 Å². The van der Waals surface area contributed by atoms with Crippen molar-refractivity contribution in [3.05, 3.63) is 35.4 Å². The Hall–Kier alpha value is -0.670. The largest absolute Gasteiger partial charge is 0.326 e. The van der Waals surface area contributed by atoms with Crippen molar-refractivity contribution < 1.29 is 4.21 Å². The van der Waals surface area contributed by atoms with Gasteiger partial charge in [0.05, 0.1) is 0 Å². The third-order valence-corrected chi connectivity index (χ3v) is 4.98. The predicted octanol–water partition coefficient (Wildman–Crippen LogP) is 2.58. The standard InChI is InChI=1S/C14H21NOS/c15-9-12-5-7-14(8-6-12)11-17(16)10-13-3-1-2-4-13/h5-8,13H,1-4,9-11,15H2. The molecule has 94 valence electrons. The van der Waals surface area contributed by atoms with Gasteiger partial charge in [0, 0.05) is 28.9 Å². The summed E-state index contributed by atoms with van der Waals surface area (Å²) in [7, 11) is -0.701. The van der Waals surface area contributed by atoms with E-state index >= 15 is 0 Å². The molecular formula is C14H21NOS. The summed E-state index contributed by atoms with van der Waals surface area (Å²) in [5.74, 6) is 2.29. The molecule has 1 aliphatic carbocycles. The molecule has 17 heavy (non-hydrogen) atoms. The lowest BCUT2D eigenvalue weighted by Crippen LogP contribution is -2.09. The van der Waals surface area contributed by atoms with Gasteiger partial charge in [-0.1, -0.05) is 37.1 Å². The minimum absolute atomic E-state index is 0.575. The molecule has 0 heterocycles. The van der Waals surface area contributed by atoms with Gasteiger partial charge >= 0.3 is 0 Å². The molecular weight excluding hydrogens is 230 g/mol. The Morgan fingerprint density at radius 2 is 1.71 bits per heavy atom. The lowest BCUT2D eigenvalue weighted by atomic mass is 10.1. The maximum absolute atomic E-state index is 12.0. The highest BCUT2D eigenvalue weighted by molar-refractivity contribution is 7.84. The molecule has 3 heteroatoms. The lowest BCUT2D eigenvalue weighted by molar-refractivity contribution is 0.604. The molecule has 2 rings (SSSR count). The molecule has 0 aromatic heterocycles. The molecule has 0 saturated heterocycles. The summed E-state index contributed by atoms with van der Waals surface area (Å²) in [6, 6.07) is 8.16. The molecule has 0 amide bonds. The van der Waals surface area contributed by atoms with Gasteiger partial charge in [0.15, 0.2) is 0 Å². The Balaban J connectivity index is 1.84. The Morgan fingerprint density at radius 3 is 2.29 bits per heavy atom. The van der Waals surface area contributed by atoms with Gasteiger partial charge in [-0.2, -0.15) is 0 Å². The fraction of sp³-hybridized carbons (Fsp3) is 0.571. The number of hydrogen-bond acceptors (Lipinski definition) is 2. The lowest BCUT2D eigenvalue weighted by Gasteiger charge is -2.08. The van der Waals surface area contributed by atoms with Crippen LogP contribution in [0.2, 0.25) is 0 Å². The first-order valence-electron chi connectivity index (χ1n) is 6.41. The quantitative estimate of drug-likeness (QED) is 0.874. The van der Waals surface area contributed by atoms with Gasteiger partial charge in [0.2, 0.25) is 0 Å². The molecule has 2 nitrogen and oxygen atoms in total. The third-order valence-electron chi connectivity index (χ3n) is 3.48. The van der Waals surface area contributed by atoms with E-state index in [4.69, 9.17) is 5.73 Å². The minimum atomic E-state index is -0.701. The van der Waals surface area contributed by atoms with E-state index in [0.29, 0.717) is 18.2 Å². The highest BCUT2D eigenvalue weighted by Gasteiger charge is 2.17. The number of nitrogens with two attached hydrogens (primary N) is 1. The molecule has 1 aromatic rings. The summed E-state index contributed by atoms with van der Waals surface area (Å²) in [4.78, 5) is 0. The van der Waals surface area contributed by atoms with Crippen LogP contribution in [0.25, 0.3) is 0 Å². The molecule has 1 atom stereocenters. The van der Waals surface area contributed by atoms with E-state index in [0.717, 1.165) is 11.3 Å². The molecule has 1 fully saturated rings. The number of benzene rings is 1. The summed E-state index contributed by atoms with van der Waals surface area (Å²) >= 11 is 0. The van der Waals surface area contributed by atoms with E-state index in [1.165, 1.54) is 31.2 Å². The Kier molecular flexibility index (Phi) is 4.75.